The Hall–Kier alpha value is -2.47. The molecule has 0 fully saturated rings. The Morgan fingerprint density at radius 1 is 1.25 bits per heavy atom. The maximum atomic E-state index is 13.7. The minimum Gasteiger partial charge on any atom is -0.356 e. The predicted molar refractivity (Wildman–Crippen MR) is 93.1 cm³/mol. The van der Waals surface area contributed by atoms with E-state index in [2.05, 4.69) is 26.4 Å². The fourth-order valence-electron chi connectivity index (χ4n) is 2.28. The molecule has 0 atom stereocenters. The van der Waals surface area contributed by atoms with Crippen LogP contribution < -0.4 is 5.32 Å². The lowest BCUT2D eigenvalue weighted by Crippen LogP contribution is -2.14. The normalized spacial score (nSPS) is 10.6. The SMILES string of the molecule is Cc1cc(NC(=O)Cc2cc(-c3ccccc3F)on2)ccc1Br. The fourth-order valence-corrected chi connectivity index (χ4v) is 2.52. The number of hydrogen-bond donors (Lipinski definition) is 1. The number of amides is 1. The van der Waals surface area contributed by atoms with Crippen LogP contribution in [0.4, 0.5) is 10.1 Å². The molecule has 1 heterocycles. The van der Waals surface area contributed by atoms with Gasteiger partial charge in [0.05, 0.1) is 17.7 Å². The topological polar surface area (TPSA) is 55.1 Å². The fraction of sp³-hybridized carbons (Fsp3) is 0.111. The largest absolute Gasteiger partial charge is 0.356 e. The van der Waals surface area contributed by atoms with Gasteiger partial charge < -0.3 is 9.84 Å². The van der Waals surface area contributed by atoms with Gasteiger partial charge in [0.2, 0.25) is 5.91 Å². The zero-order chi connectivity index (χ0) is 17.1. The van der Waals surface area contributed by atoms with Crippen LogP contribution in [0, 0.1) is 12.7 Å². The summed E-state index contributed by atoms with van der Waals surface area (Å²) in [6.45, 7) is 1.94. The van der Waals surface area contributed by atoms with Gasteiger partial charge in [0.15, 0.2) is 5.76 Å². The number of carbonyl (C=O) groups excluding carboxylic acids is 1. The highest BCUT2D eigenvalue weighted by Crippen LogP contribution is 2.24. The first kappa shape index (κ1) is 16.4. The van der Waals surface area contributed by atoms with E-state index in [-0.39, 0.29) is 12.3 Å². The highest BCUT2D eigenvalue weighted by atomic mass is 79.9. The first-order valence-corrected chi connectivity index (χ1v) is 8.09. The van der Waals surface area contributed by atoms with E-state index in [1.54, 1.807) is 24.3 Å². The number of aromatic nitrogens is 1. The van der Waals surface area contributed by atoms with E-state index in [4.69, 9.17) is 4.52 Å². The van der Waals surface area contributed by atoms with E-state index in [1.807, 2.05) is 25.1 Å². The van der Waals surface area contributed by atoms with Crippen LogP contribution in [0.2, 0.25) is 0 Å². The number of carbonyl (C=O) groups is 1. The van der Waals surface area contributed by atoms with Crippen molar-refractivity contribution in [3.05, 3.63) is 70.1 Å². The molecule has 3 aromatic rings. The summed E-state index contributed by atoms with van der Waals surface area (Å²) in [7, 11) is 0. The Balaban J connectivity index is 1.69. The third kappa shape index (κ3) is 3.71. The van der Waals surface area contributed by atoms with Gasteiger partial charge in [0.25, 0.3) is 0 Å². The minimum absolute atomic E-state index is 0.0487. The second-order valence-corrected chi connectivity index (χ2v) is 6.21. The molecule has 0 saturated heterocycles. The highest BCUT2D eigenvalue weighted by molar-refractivity contribution is 9.10. The van der Waals surface area contributed by atoms with Crippen LogP contribution in [0.5, 0.6) is 0 Å². The molecule has 0 spiro atoms. The van der Waals surface area contributed by atoms with Gasteiger partial charge in [-0.1, -0.05) is 33.2 Å². The number of hydrogen-bond acceptors (Lipinski definition) is 3. The number of aryl methyl sites for hydroxylation is 1. The molecule has 0 aliphatic carbocycles. The molecule has 122 valence electrons. The molecular weight excluding hydrogens is 375 g/mol. The van der Waals surface area contributed by atoms with Crippen LogP contribution >= 0.6 is 15.9 Å². The van der Waals surface area contributed by atoms with Crippen molar-refractivity contribution in [3.8, 4) is 11.3 Å². The Morgan fingerprint density at radius 2 is 2.04 bits per heavy atom. The minimum atomic E-state index is -0.394. The average molecular weight is 389 g/mol. The lowest BCUT2D eigenvalue weighted by atomic mass is 10.1. The smallest absolute Gasteiger partial charge is 0.230 e. The van der Waals surface area contributed by atoms with Crippen molar-refractivity contribution < 1.29 is 13.7 Å². The summed E-state index contributed by atoms with van der Waals surface area (Å²) in [6, 6.07) is 13.4. The molecule has 4 nitrogen and oxygen atoms in total. The summed E-state index contributed by atoms with van der Waals surface area (Å²) in [4.78, 5) is 12.1. The van der Waals surface area contributed by atoms with Gasteiger partial charge in [-0.25, -0.2) is 4.39 Å². The summed E-state index contributed by atoms with van der Waals surface area (Å²) in [5.41, 5.74) is 2.49. The van der Waals surface area contributed by atoms with Crippen LogP contribution in [0.25, 0.3) is 11.3 Å². The third-order valence-corrected chi connectivity index (χ3v) is 4.37. The lowest BCUT2D eigenvalue weighted by Gasteiger charge is -2.06. The Morgan fingerprint density at radius 3 is 2.79 bits per heavy atom. The summed E-state index contributed by atoms with van der Waals surface area (Å²) in [6.07, 6.45) is 0.0487. The molecule has 0 saturated carbocycles. The van der Waals surface area contributed by atoms with Crippen LogP contribution in [0.1, 0.15) is 11.3 Å². The third-order valence-electron chi connectivity index (χ3n) is 3.48. The number of rotatable bonds is 4. The molecule has 1 amide bonds. The summed E-state index contributed by atoms with van der Waals surface area (Å²) in [5.74, 6) is -0.310. The molecule has 0 radical (unpaired) electrons. The molecular formula is C18H14BrFN2O2. The summed E-state index contributed by atoms with van der Waals surface area (Å²) < 4.78 is 19.9. The van der Waals surface area contributed by atoms with Gasteiger partial charge in [-0.3, -0.25) is 4.79 Å². The number of benzene rings is 2. The molecule has 0 aliphatic rings. The van der Waals surface area contributed by atoms with Gasteiger partial charge >= 0.3 is 0 Å². The van der Waals surface area contributed by atoms with Gasteiger partial charge in [-0.05, 0) is 42.8 Å². The quantitative estimate of drug-likeness (QED) is 0.702. The Labute approximate surface area is 146 Å². The zero-order valence-electron chi connectivity index (χ0n) is 12.8. The van der Waals surface area contributed by atoms with Crippen molar-refractivity contribution in [1.29, 1.82) is 0 Å². The van der Waals surface area contributed by atoms with Crippen molar-refractivity contribution in [2.75, 3.05) is 5.32 Å². The van der Waals surface area contributed by atoms with Gasteiger partial charge in [0, 0.05) is 16.2 Å². The summed E-state index contributed by atoms with van der Waals surface area (Å²) in [5, 5.41) is 6.64. The monoisotopic (exact) mass is 388 g/mol. The molecule has 1 N–H and O–H groups in total. The number of nitrogens with one attached hydrogen (secondary N) is 1. The molecule has 0 bridgehead atoms. The molecule has 3 rings (SSSR count). The number of halogens is 2. The van der Waals surface area contributed by atoms with E-state index in [0.29, 0.717) is 22.7 Å². The molecule has 2 aromatic carbocycles. The first-order valence-electron chi connectivity index (χ1n) is 7.29. The van der Waals surface area contributed by atoms with Crippen LogP contribution in [-0.4, -0.2) is 11.1 Å². The van der Waals surface area contributed by atoms with Gasteiger partial charge in [-0.2, -0.15) is 0 Å². The van der Waals surface area contributed by atoms with Gasteiger partial charge in [0.1, 0.15) is 5.82 Å². The number of nitrogens with zero attached hydrogens (tertiary/aromatic N) is 1. The Bertz CT molecular complexity index is 892. The van der Waals surface area contributed by atoms with Crippen molar-refractivity contribution >= 4 is 27.5 Å². The average Bonchev–Trinajstić information content (AvgIpc) is 2.99. The summed E-state index contributed by atoms with van der Waals surface area (Å²) >= 11 is 3.41. The molecule has 24 heavy (non-hydrogen) atoms. The van der Waals surface area contributed by atoms with Crippen LogP contribution in [0.15, 0.2) is 57.5 Å². The second kappa shape index (κ2) is 6.97. The maximum absolute atomic E-state index is 13.7. The van der Waals surface area contributed by atoms with E-state index in [9.17, 15) is 9.18 Å². The van der Waals surface area contributed by atoms with E-state index >= 15 is 0 Å². The van der Waals surface area contributed by atoms with Gasteiger partial charge in [-0.15, -0.1) is 0 Å². The van der Waals surface area contributed by atoms with Crippen molar-refractivity contribution in [1.82, 2.24) is 5.16 Å². The lowest BCUT2D eigenvalue weighted by molar-refractivity contribution is -0.115. The molecule has 6 heteroatoms. The zero-order valence-corrected chi connectivity index (χ0v) is 14.4. The van der Waals surface area contributed by atoms with Crippen molar-refractivity contribution in [2.24, 2.45) is 0 Å². The van der Waals surface area contributed by atoms with Crippen LogP contribution in [-0.2, 0) is 11.2 Å². The van der Waals surface area contributed by atoms with E-state index in [0.717, 1.165) is 10.0 Å². The first-order chi connectivity index (χ1) is 11.5. The molecule has 1 aromatic heterocycles. The van der Waals surface area contributed by atoms with E-state index in [1.165, 1.54) is 6.07 Å². The van der Waals surface area contributed by atoms with Crippen LogP contribution in [0.3, 0.4) is 0 Å². The van der Waals surface area contributed by atoms with E-state index < -0.39 is 5.82 Å². The highest BCUT2D eigenvalue weighted by Gasteiger charge is 2.13. The van der Waals surface area contributed by atoms with Crippen molar-refractivity contribution in [3.63, 3.8) is 0 Å². The standard InChI is InChI=1S/C18H14BrFN2O2/c1-11-8-12(6-7-15(11)19)21-18(23)10-13-9-17(24-22-13)14-4-2-3-5-16(14)20/h2-9H,10H2,1H3,(H,21,23). The molecule has 0 unspecified atom stereocenters. The maximum Gasteiger partial charge on any atom is 0.230 e. The van der Waals surface area contributed by atoms with Crippen molar-refractivity contribution in [2.45, 2.75) is 13.3 Å². The second-order valence-electron chi connectivity index (χ2n) is 5.35. The molecule has 0 aliphatic heterocycles. The number of anilines is 1. The predicted octanol–water partition coefficient (Wildman–Crippen LogP) is 4.73. The Kier molecular flexibility index (Phi) is 4.76.